The number of benzene rings is 2. The molecule has 0 saturated carbocycles. The molecule has 5 nitrogen and oxygen atoms in total. The molecular formula is C19H19ClO5. The highest BCUT2D eigenvalue weighted by Gasteiger charge is 2.18. The van der Waals surface area contributed by atoms with E-state index >= 15 is 0 Å². The van der Waals surface area contributed by atoms with E-state index in [2.05, 4.69) is 0 Å². The summed E-state index contributed by atoms with van der Waals surface area (Å²) >= 11 is 5.85. The molecule has 25 heavy (non-hydrogen) atoms. The van der Waals surface area contributed by atoms with Gasteiger partial charge in [0.2, 0.25) is 0 Å². The first-order valence-corrected chi connectivity index (χ1v) is 8.22. The molecule has 0 bridgehead atoms. The van der Waals surface area contributed by atoms with Gasteiger partial charge in [0.05, 0.1) is 5.56 Å². The summed E-state index contributed by atoms with van der Waals surface area (Å²) < 4.78 is 15.5. The Bertz CT molecular complexity index is 717. The largest absolute Gasteiger partial charge is 0.514 e. The normalized spacial score (nSPS) is 12.8. The average molecular weight is 363 g/mol. The Morgan fingerprint density at radius 1 is 0.960 bits per heavy atom. The van der Waals surface area contributed by atoms with E-state index in [-0.39, 0.29) is 0 Å². The zero-order chi connectivity index (χ0) is 18.2. The summed E-state index contributed by atoms with van der Waals surface area (Å²) in [7, 11) is 0. The molecule has 132 valence electrons. The van der Waals surface area contributed by atoms with Crippen LogP contribution in [0, 0.1) is 0 Å². The monoisotopic (exact) mass is 362 g/mol. The number of carbonyl (C=O) groups is 2. The lowest BCUT2D eigenvalue weighted by atomic mass is 10.2. The minimum atomic E-state index is -0.799. The highest BCUT2D eigenvalue weighted by molar-refractivity contribution is 6.30. The standard InChI is InChI=1S/C19H19ClO5/c1-13(23-18(21)15-7-6-8-16(20)12-15)11-14(2)24-19(22)25-17-9-4-3-5-10-17/h3-10,12-14H,11H2,1-2H3. The van der Waals surface area contributed by atoms with Crippen molar-refractivity contribution in [3.63, 3.8) is 0 Å². The molecule has 0 heterocycles. The lowest BCUT2D eigenvalue weighted by Gasteiger charge is -2.18. The van der Waals surface area contributed by atoms with Crippen LogP contribution in [0.3, 0.4) is 0 Å². The average Bonchev–Trinajstić information content (AvgIpc) is 2.55. The number of rotatable bonds is 6. The fourth-order valence-electron chi connectivity index (χ4n) is 2.20. The van der Waals surface area contributed by atoms with Crippen molar-refractivity contribution in [1.29, 1.82) is 0 Å². The van der Waals surface area contributed by atoms with Gasteiger partial charge in [-0.05, 0) is 44.2 Å². The Hall–Kier alpha value is -2.53. The van der Waals surface area contributed by atoms with Crippen molar-refractivity contribution < 1.29 is 23.8 Å². The number of carbonyl (C=O) groups excluding carboxylic acids is 2. The Morgan fingerprint density at radius 3 is 2.32 bits per heavy atom. The van der Waals surface area contributed by atoms with E-state index in [0.29, 0.717) is 22.8 Å². The minimum absolute atomic E-state index is 0.343. The first-order valence-electron chi connectivity index (χ1n) is 7.84. The Kier molecular flexibility index (Phi) is 6.83. The second kappa shape index (κ2) is 9.08. The number of hydrogen-bond donors (Lipinski definition) is 0. The fourth-order valence-corrected chi connectivity index (χ4v) is 2.39. The highest BCUT2D eigenvalue weighted by atomic mass is 35.5. The zero-order valence-corrected chi connectivity index (χ0v) is 14.7. The van der Waals surface area contributed by atoms with Crippen LogP contribution in [0.4, 0.5) is 4.79 Å². The third-order valence-electron chi connectivity index (χ3n) is 3.27. The van der Waals surface area contributed by atoms with Gasteiger partial charge in [0.15, 0.2) is 0 Å². The van der Waals surface area contributed by atoms with E-state index in [1.165, 1.54) is 6.07 Å². The Morgan fingerprint density at radius 2 is 1.64 bits per heavy atom. The number of para-hydroxylation sites is 1. The van der Waals surface area contributed by atoms with Gasteiger partial charge >= 0.3 is 12.1 Å². The molecule has 6 heteroatoms. The van der Waals surface area contributed by atoms with Crippen molar-refractivity contribution >= 4 is 23.7 Å². The van der Waals surface area contributed by atoms with Crippen LogP contribution in [0.1, 0.15) is 30.6 Å². The Balaban J connectivity index is 1.78. The van der Waals surface area contributed by atoms with Crippen LogP contribution in [0.15, 0.2) is 54.6 Å². The van der Waals surface area contributed by atoms with Crippen molar-refractivity contribution in [2.45, 2.75) is 32.5 Å². The van der Waals surface area contributed by atoms with Crippen molar-refractivity contribution in [3.8, 4) is 5.75 Å². The fraction of sp³-hybridized carbons (Fsp3) is 0.263. The summed E-state index contributed by atoms with van der Waals surface area (Å²) in [4.78, 5) is 23.8. The summed E-state index contributed by atoms with van der Waals surface area (Å²) in [5.41, 5.74) is 0.372. The van der Waals surface area contributed by atoms with Gasteiger partial charge in [0, 0.05) is 11.4 Å². The molecule has 0 amide bonds. The van der Waals surface area contributed by atoms with Crippen molar-refractivity contribution in [1.82, 2.24) is 0 Å². The van der Waals surface area contributed by atoms with E-state index in [4.69, 9.17) is 25.8 Å². The summed E-state index contributed by atoms with van der Waals surface area (Å²) in [5, 5.41) is 0.461. The summed E-state index contributed by atoms with van der Waals surface area (Å²) in [6, 6.07) is 15.1. The second-order valence-corrected chi connectivity index (χ2v) is 5.99. The lowest BCUT2D eigenvalue weighted by Crippen LogP contribution is -2.25. The van der Waals surface area contributed by atoms with Gasteiger partial charge in [-0.1, -0.05) is 35.9 Å². The van der Waals surface area contributed by atoms with Crippen molar-refractivity contribution in [2.24, 2.45) is 0 Å². The molecule has 0 N–H and O–H groups in total. The molecule has 0 spiro atoms. The predicted molar refractivity (Wildman–Crippen MR) is 94.0 cm³/mol. The van der Waals surface area contributed by atoms with Gasteiger partial charge in [0.1, 0.15) is 18.0 Å². The van der Waals surface area contributed by atoms with Crippen molar-refractivity contribution in [2.75, 3.05) is 0 Å². The first kappa shape index (κ1) is 18.8. The van der Waals surface area contributed by atoms with Gasteiger partial charge in [-0.15, -0.1) is 0 Å². The van der Waals surface area contributed by atoms with Gasteiger partial charge in [-0.25, -0.2) is 9.59 Å². The minimum Gasteiger partial charge on any atom is -0.459 e. The number of ether oxygens (including phenoxy) is 3. The molecule has 0 aromatic heterocycles. The van der Waals surface area contributed by atoms with Crippen LogP contribution < -0.4 is 4.74 Å². The van der Waals surface area contributed by atoms with Crippen LogP contribution in [0.2, 0.25) is 5.02 Å². The van der Waals surface area contributed by atoms with Gasteiger partial charge in [-0.2, -0.15) is 0 Å². The first-order chi connectivity index (χ1) is 11.9. The van der Waals surface area contributed by atoms with E-state index in [1.807, 2.05) is 6.07 Å². The molecule has 0 fully saturated rings. The topological polar surface area (TPSA) is 61.8 Å². The van der Waals surface area contributed by atoms with E-state index in [1.54, 1.807) is 56.3 Å². The Labute approximate surface area is 151 Å². The van der Waals surface area contributed by atoms with Crippen LogP contribution >= 0.6 is 11.6 Å². The molecule has 2 rings (SSSR count). The summed E-state index contributed by atoms with van der Waals surface area (Å²) in [5.74, 6) is -0.0748. The number of hydrogen-bond acceptors (Lipinski definition) is 5. The van der Waals surface area contributed by atoms with Gasteiger partial charge in [0.25, 0.3) is 0 Å². The molecule has 2 unspecified atom stereocenters. The van der Waals surface area contributed by atoms with Gasteiger partial charge < -0.3 is 14.2 Å². The van der Waals surface area contributed by atoms with E-state index in [0.717, 1.165) is 0 Å². The third-order valence-corrected chi connectivity index (χ3v) is 3.51. The molecule has 2 aromatic rings. The lowest BCUT2D eigenvalue weighted by molar-refractivity contribution is 0.0124. The molecule has 0 radical (unpaired) electrons. The molecule has 2 aromatic carbocycles. The van der Waals surface area contributed by atoms with Crippen LogP contribution in [-0.4, -0.2) is 24.3 Å². The highest BCUT2D eigenvalue weighted by Crippen LogP contribution is 2.15. The molecule has 2 atom stereocenters. The zero-order valence-electron chi connectivity index (χ0n) is 14.0. The smallest absolute Gasteiger partial charge is 0.459 e. The van der Waals surface area contributed by atoms with E-state index < -0.39 is 24.3 Å². The molecular weight excluding hydrogens is 344 g/mol. The molecule has 0 saturated heterocycles. The predicted octanol–water partition coefficient (Wildman–Crippen LogP) is 4.88. The third kappa shape index (κ3) is 6.47. The maximum Gasteiger partial charge on any atom is 0.514 e. The molecule has 0 aliphatic rings. The van der Waals surface area contributed by atoms with E-state index in [9.17, 15) is 9.59 Å². The quantitative estimate of drug-likeness (QED) is 0.541. The summed E-state index contributed by atoms with van der Waals surface area (Å²) in [6.45, 7) is 3.43. The number of esters is 1. The van der Waals surface area contributed by atoms with Crippen LogP contribution in [0.25, 0.3) is 0 Å². The van der Waals surface area contributed by atoms with Crippen LogP contribution in [-0.2, 0) is 9.47 Å². The molecule has 0 aliphatic carbocycles. The maximum atomic E-state index is 12.0. The SMILES string of the molecule is CC(CC(C)OC(=O)c1cccc(Cl)c1)OC(=O)Oc1ccccc1. The van der Waals surface area contributed by atoms with Gasteiger partial charge in [-0.3, -0.25) is 0 Å². The maximum absolute atomic E-state index is 12.0. The molecule has 0 aliphatic heterocycles. The van der Waals surface area contributed by atoms with Crippen LogP contribution in [0.5, 0.6) is 5.75 Å². The number of halogens is 1. The summed E-state index contributed by atoms with van der Waals surface area (Å²) in [6.07, 6.45) is -1.37. The van der Waals surface area contributed by atoms with Crippen molar-refractivity contribution in [3.05, 3.63) is 65.2 Å². The second-order valence-electron chi connectivity index (χ2n) is 5.56.